The van der Waals surface area contributed by atoms with Crippen LogP contribution < -0.4 is 0 Å². The smallest absolute Gasteiger partial charge is 0.283 e. The zero-order valence-electron chi connectivity index (χ0n) is 14.3. The molecule has 2 atom stereocenters. The van der Waals surface area contributed by atoms with Gasteiger partial charge < -0.3 is 4.90 Å². The Morgan fingerprint density at radius 1 is 1.37 bits per heavy atom. The van der Waals surface area contributed by atoms with E-state index in [1.54, 1.807) is 23.8 Å². The SMILES string of the molecule is C[C@]12CCCC(F)(F)[C@@H]1N2C(=O)c1nc(-c2cnn3ccccc23)c(Cl)s1. The van der Waals surface area contributed by atoms with Gasteiger partial charge in [-0.25, -0.2) is 18.3 Å². The van der Waals surface area contributed by atoms with E-state index in [0.29, 0.717) is 28.4 Å². The van der Waals surface area contributed by atoms with Crippen LogP contribution in [0.5, 0.6) is 0 Å². The summed E-state index contributed by atoms with van der Waals surface area (Å²) in [5, 5.41) is 4.39. The molecule has 2 aliphatic rings. The Bertz CT molecular complexity index is 1080. The topological polar surface area (TPSA) is 50.3 Å². The average Bonchev–Trinajstić information content (AvgIpc) is 2.91. The number of alkyl halides is 2. The second-order valence-corrected chi connectivity index (χ2v) is 8.88. The van der Waals surface area contributed by atoms with Crippen LogP contribution >= 0.6 is 22.9 Å². The van der Waals surface area contributed by atoms with E-state index in [2.05, 4.69) is 10.1 Å². The minimum atomic E-state index is -2.85. The number of thiazole rings is 1. The largest absolute Gasteiger partial charge is 0.317 e. The summed E-state index contributed by atoms with van der Waals surface area (Å²) >= 11 is 7.37. The van der Waals surface area contributed by atoms with E-state index < -0.39 is 23.4 Å². The third-order valence-corrected chi connectivity index (χ3v) is 6.83. The molecule has 1 saturated carbocycles. The maximum atomic E-state index is 14.2. The lowest BCUT2D eigenvalue weighted by atomic mass is 9.88. The van der Waals surface area contributed by atoms with Crippen LogP contribution in [-0.4, -0.2) is 42.9 Å². The van der Waals surface area contributed by atoms with Gasteiger partial charge in [-0.3, -0.25) is 4.79 Å². The van der Waals surface area contributed by atoms with Crippen LogP contribution in [0.3, 0.4) is 0 Å². The maximum Gasteiger partial charge on any atom is 0.283 e. The van der Waals surface area contributed by atoms with Gasteiger partial charge >= 0.3 is 0 Å². The van der Waals surface area contributed by atoms with Gasteiger partial charge in [-0.15, -0.1) is 0 Å². The van der Waals surface area contributed by atoms with Crippen molar-refractivity contribution < 1.29 is 13.6 Å². The van der Waals surface area contributed by atoms with Crippen LogP contribution in [0.2, 0.25) is 4.34 Å². The van der Waals surface area contributed by atoms with E-state index in [1.807, 2.05) is 18.2 Å². The molecular formula is C18H15ClF2N4OS. The number of hydrogen-bond acceptors (Lipinski definition) is 4. The third-order valence-electron chi connectivity index (χ3n) is 5.59. The van der Waals surface area contributed by atoms with Crippen molar-refractivity contribution in [3.8, 4) is 11.3 Å². The summed E-state index contributed by atoms with van der Waals surface area (Å²) in [6.07, 6.45) is 4.25. The number of nitrogens with zero attached hydrogens (tertiary/aromatic N) is 4. The van der Waals surface area contributed by atoms with E-state index in [9.17, 15) is 13.6 Å². The molecule has 4 heterocycles. The first-order valence-corrected chi connectivity index (χ1v) is 9.83. The summed E-state index contributed by atoms with van der Waals surface area (Å²) in [7, 11) is 0. The summed E-state index contributed by atoms with van der Waals surface area (Å²) in [4.78, 5) is 18.6. The Hall–Kier alpha value is -2.06. The Morgan fingerprint density at radius 3 is 2.96 bits per heavy atom. The molecule has 0 bridgehead atoms. The summed E-state index contributed by atoms with van der Waals surface area (Å²) in [6.45, 7) is 1.73. The molecule has 1 aliphatic carbocycles. The van der Waals surface area contributed by atoms with E-state index >= 15 is 0 Å². The number of aromatic nitrogens is 3. The van der Waals surface area contributed by atoms with Gasteiger partial charge in [0.25, 0.3) is 11.8 Å². The molecule has 3 aromatic rings. The number of carbonyl (C=O) groups excluding carboxylic acids is 1. The highest BCUT2D eigenvalue weighted by molar-refractivity contribution is 7.18. The average molecular weight is 409 g/mol. The van der Waals surface area contributed by atoms with Crippen molar-refractivity contribution in [1.29, 1.82) is 0 Å². The minimum absolute atomic E-state index is 0.136. The minimum Gasteiger partial charge on any atom is -0.317 e. The highest BCUT2D eigenvalue weighted by Gasteiger charge is 2.73. The Kier molecular flexibility index (Phi) is 3.46. The first-order valence-electron chi connectivity index (χ1n) is 8.63. The molecule has 0 spiro atoms. The monoisotopic (exact) mass is 408 g/mol. The van der Waals surface area contributed by atoms with Gasteiger partial charge in [0.05, 0.1) is 17.3 Å². The predicted molar refractivity (Wildman–Crippen MR) is 98.5 cm³/mol. The lowest BCUT2D eigenvalue weighted by molar-refractivity contribution is -0.0320. The van der Waals surface area contributed by atoms with Gasteiger partial charge in [0.2, 0.25) is 0 Å². The predicted octanol–water partition coefficient (Wildman–Crippen LogP) is 4.51. The van der Waals surface area contributed by atoms with Crippen molar-refractivity contribution in [2.75, 3.05) is 0 Å². The Balaban J connectivity index is 1.51. The number of hydrogen-bond donors (Lipinski definition) is 0. The van der Waals surface area contributed by atoms with Gasteiger partial charge in [0.15, 0.2) is 5.01 Å². The second kappa shape index (κ2) is 5.48. The number of rotatable bonds is 2. The van der Waals surface area contributed by atoms with Gasteiger partial charge in [0.1, 0.15) is 16.1 Å². The molecule has 1 aliphatic heterocycles. The number of halogens is 3. The van der Waals surface area contributed by atoms with Crippen LogP contribution in [0, 0.1) is 0 Å². The molecule has 1 amide bonds. The molecule has 0 N–H and O–H groups in total. The molecule has 3 aromatic heterocycles. The van der Waals surface area contributed by atoms with Crippen molar-refractivity contribution in [1.82, 2.24) is 19.5 Å². The van der Waals surface area contributed by atoms with Crippen molar-refractivity contribution >= 4 is 34.4 Å². The quantitative estimate of drug-likeness (QED) is 0.586. The summed E-state index contributed by atoms with van der Waals surface area (Å²) in [5.41, 5.74) is 1.17. The van der Waals surface area contributed by atoms with Gasteiger partial charge in [-0.1, -0.05) is 29.0 Å². The molecule has 5 rings (SSSR count). The highest BCUT2D eigenvalue weighted by Crippen LogP contribution is 2.58. The van der Waals surface area contributed by atoms with Crippen molar-refractivity contribution in [3.63, 3.8) is 0 Å². The second-order valence-electron chi connectivity index (χ2n) is 7.28. The number of pyridine rings is 1. The zero-order chi connectivity index (χ0) is 19.0. The van der Waals surface area contributed by atoms with Gasteiger partial charge in [-0.2, -0.15) is 5.10 Å². The molecule has 0 radical (unpaired) electrons. The zero-order valence-corrected chi connectivity index (χ0v) is 15.9. The van der Waals surface area contributed by atoms with E-state index in [1.165, 1.54) is 4.90 Å². The number of amides is 1. The van der Waals surface area contributed by atoms with Crippen molar-refractivity contribution in [2.24, 2.45) is 0 Å². The lowest BCUT2D eigenvalue weighted by Gasteiger charge is -2.21. The molecule has 27 heavy (non-hydrogen) atoms. The standard InChI is InChI=1S/C18H15ClF2N4OS/c1-17-6-4-7-18(20,21)16(17)25(17)15(26)14-23-12(13(19)27-14)10-9-22-24-8-3-2-5-11(10)24/h2-3,5,8-9,16H,4,6-7H2,1H3/t16-,17+,25?/m1/s1. The molecule has 140 valence electrons. The fourth-order valence-electron chi connectivity index (χ4n) is 4.28. The van der Waals surface area contributed by atoms with E-state index in [0.717, 1.165) is 16.9 Å². The number of likely N-dealkylation sites (tertiary alicyclic amines) is 1. The molecular weight excluding hydrogens is 394 g/mol. The molecule has 0 aromatic carbocycles. The fourth-order valence-corrected chi connectivity index (χ4v) is 5.38. The molecule has 9 heteroatoms. The Morgan fingerprint density at radius 2 is 2.19 bits per heavy atom. The maximum absolute atomic E-state index is 14.2. The number of carbonyl (C=O) groups is 1. The first-order chi connectivity index (χ1) is 12.8. The van der Waals surface area contributed by atoms with Crippen molar-refractivity contribution in [3.05, 3.63) is 39.9 Å². The third kappa shape index (κ3) is 2.36. The van der Waals surface area contributed by atoms with Crippen LogP contribution in [0.4, 0.5) is 8.78 Å². The van der Waals surface area contributed by atoms with Crippen LogP contribution in [-0.2, 0) is 0 Å². The lowest BCUT2D eigenvalue weighted by Crippen LogP contribution is -2.33. The summed E-state index contributed by atoms with van der Waals surface area (Å²) in [5.74, 6) is -3.33. The van der Waals surface area contributed by atoms with E-state index in [4.69, 9.17) is 11.6 Å². The molecule has 2 fully saturated rings. The summed E-state index contributed by atoms with van der Waals surface area (Å²) < 4.78 is 30.5. The fraction of sp³-hybridized carbons (Fsp3) is 0.389. The normalized spacial score (nSPS) is 26.2. The molecule has 5 nitrogen and oxygen atoms in total. The van der Waals surface area contributed by atoms with Gasteiger partial charge in [-0.05, 0) is 31.9 Å². The molecule has 0 unspecified atom stereocenters. The first kappa shape index (κ1) is 17.1. The molecule has 1 saturated heterocycles. The number of fused-ring (bicyclic) bond motifs is 2. The van der Waals surface area contributed by atoms with Crippen molar-refractivity contribution in [2.45, 2.75) is 43.7 Å². The van der Waals surface area contributed by atoms with Crippen LogP contribution in [0.15, 0.2) is 30.6 Å². The highest BCUT2D eigenvalue weighted by atomic mass is 35.5. The van der Waals surface area contributed by atoms with E-state index in [-0.39, 0.29) is 11.4 Å². The van der Waals surface area contributed by atoms with Crippen LogP contribution in [0.25, 0.3) is 16.8 Å². The van der Waals surface area contributed by atoms with Crippen LogP contribution in [0.1, 0.15) is 36.0 Å². The Labute approximate surface area is 162 Å². The summed E-state index contributed by atoms with van der Waals surface area (Å²) in [6, 6.07) is 4.55. The van der Waals surface area contributed by atoms with Gasteiger partial charge in [0, 0.05) is 18.2 Å².